The van der Waals surface area contributed by atoms with Gasteiger partial charge >= 0.3 is 0 Å². The molecule has 1 rings (SSSR count). The van der Waals surface area contributed by atoms with Gasteiger partial charge in [0.25, 0.3) is 0 Å². The van der Waals surface area contributed by atoms with Crippen molar-refractivity contribution in [2.24, 2.45) is 0 Å². The summed E-state index contributed by atoms with van der Waals surface area (Å²) in [7, 11) is 0. The van der Waals surface area contributed by atoms with Gasteiger partial charge in [0, 0.05) is 4.83 Å². The summed E-state index contributed by atoms with van der Waals surface area (Å²) >= 11 is 10.8. The molecule has 0 aromatic carbocycles. The van der Waals surface area contributed by atoms with Crippen molar-refractivity contribution in [3.05, 3.63) is 21.3 Å². The molecule has 0 fully saturated rings. The van der Waals surface area contributed by atoms with Crippen LogP contribution in [-0.4, -0.2) is 4.83 Å². The van der Waals surface area contributed by atoms with Gasteiger partial charge in [0.2, 0.25) is 0 Å². The minimum atomic E-state index is 0.540. The first kappa shape index (κ1) is 8.57. The van der Waals surface area contributed by atoms with E-state index in [-0.39, 0.29) is 0 Å². The van der Waals surface area contributed by atoms with Crippen LogP contribution in [0.1, 0.15) is 12.5 Å². The average Bonchev–Trinajstić information content (AvgIpc) is 2.13. The van der Waals surface area contributed by atoms with Crippen LogP contribution < -0.4 is 0 Å². The van der Waals surface area contributed by atoms with E-state index in [9.17, 15) is 0 Å². The van der Waals surface area contributed by atoms with Gasteiger partial charge in [-0.25, -0.2) is 0 Å². The smallest absolute Gasteiger partial charge is 0.0931 e. The van der Waals surface area contributed by atoms with Crippen LogP contribution in [0.3, 0.4) is 0 Å². The molecule has 56 valence electrons. The molecule has 10 heavy (non-hydrogen) atoms. The fraction of sp³-hybridized carbons (Fsp3) is 0.429. The van der Waals surface area contributed by atoms with Crippen LogP contribution in [0.25, 0.3) is 0 Å². The van der Waals surface area contributed by atoms with E-state index in [4.69, 9.17) is 11.6 Å². The van der Waals surface area contributed by atoms with Gasteiger partial charge in [-0.3, -0.25) is 0 Å². The van der Waals surface area contributed by atoms with Crippen molar-refractivity contribution >= 4 is 38.9 Å². The van der Waals surface area contributed by atoms with Crippen molar-refractivity contribution in [1.82, 2.24) is 0 Å². The Labute approximate surface area is 78.3 Å². The largest absolute Gasteiger partial charge is 0.132 e. The zero-order chi connectivity index (χ0) is 7.56. The summed E-state index contributed by atoms with van der Waals surface area (Å²) in [4.78, 5) is 0.540. The molecule has 0 amide bonds. The Kier molecular flexibility index (Phi) is 3.21. The van der Waals surface area contributed by atoms with E-state index < -0.39 is 0 Å². The summed E-state index contributed by atoms with van der Waals surface area (Å²) in [6.07, 6.45) is 1.06. The van der Waals surface area contributed by atoms with Gasteiger partial charge in [-0.1, -0.05) is 34.5 Å². The van der Waals surface area contributed by atoms with E-state index in [2.05, 4.69) is 28.2 Å². The third-order valence-corrected chi connectivity index (χ3v) is 2.60. The molecule has 1 heterocycles. The number of thiophene rings is 1. The second-order valence-corrected chi connectivity index (χ2v) is 5.35. The monoisotopic (exact) mass is 238 g/mol. The highest BCUT2D eigenvalue weighted by Crippen LogP contribution is 2.21. The Hall–Kier alpha value is 0.470. The predicted octanol–water partition coefficient (Wildman–Crippen LogP) is 3.73. The molecule has 0 bridgehead atoms. The van der Waals surface area contributed by atoms with Crippen LogP contribution >= 0.6 is 38.9 Å². The lowest BCUT2D eigenvalue weighted by molar-refractivity contribution is 0.965. The van der Waals surface area contributed by atoms with Gasteiger partial charge in [0.15, 0.2) is 0 Å². The molecule has 0 radical (unpaired) electrons. The van der Waals surface area contributed by atoms with Crippen molar-refractivity contribution in [2.45, 2.75) is 18.2 Å². The van der Waals surface area contributed by atoms with Crippen LogP contribution in [0.4, 0.5) is 0 Å². The Bertz CT molecular complexity index is 207. The summed E-state index contributed by atoms with van der Waals surface area (Å²) in [5, 5.41) is 2.10. The van der Waals surface area contributed by atoms with Gasteiger partial charge in [0.1, 0.15) is 0 Å². The van der Waals surface area contributed by atoms with Crippen molar-refractivity contribution in [3.8, 4) is 0 Å². The SMILES string of the molecule is CC(Br)Cc1csc(Cl)c1. The van der Waals surface area contributed by atoms with Crippen LogP contribution in [0.5, 0.6) is 0 Å². The molecule has 0 nitrogen and oxygen atoms in total. The van der Waals surface area contributed by atoms with Gasteiger partial charge in [-0.2, -0.15) is 0 Å². The Morgan fingerprint density at radius 3 is 2.90 bits per heavy atom. The van der Waals surface area contributed by atoms with E-state index in [1.165, 1.54) is 5.56 Å². The summed E-state index contributed by atoms with van der Waals surface area (Å²) in [6, 6.07) is 2.02. The van der Waals surface area contributed by atoms with Crippen molar-refractivity contribution < 1.29 is 0 Å². The van der Waals surface area contributed by atoms with Crippen molar-refractivity contribution in [1.29, 1.82) is 0 Å². The van der Waals surface area contributed by atoms with E-state index in [0.29, 0.717) is 4.83 Å². The number of hydrogen-bond donors (Lipinski definition) is 0. The standard InChI is InChI=1S/C7H8BrClS/c1-5(8)2-6-3-7(9)10-4-6/h3-5H,2H2,1H3. The van der Waals surface area contributed by atoms with Crippen LogP contribution in [0.2, 0.25) is 4.34 Å². The molecular weight excluding hydrogens is 232 g/mol. The average molecular weight is 240 g/mol. The van der Waals surface area contributed by atoms with Crippen LogP contribution in [0, 0.1) is 0 Å². The molecule has 0 aliphatic heterocycles. The van der Waals surface area contributed by atoms with Gasteiger partial charge in [0.05, 0.1) is 4.34 Å². The first-order valence-electron chi connectivity index (χ1n) is 3.05. The molecule has 0 spiro atoms. The highest BCUT2D eigenvalue weighted by molar-refractivity contribution is 9.09. The van der Waals surface area contributed by atoms with Gasteiger partial charge in [-0.15, -0.1) is 11.3 Å². The lowest BCUT2D eigenvalue weighted by atomic mass is 10.2. The number of halogens is 2. The zero-order valence-corrected chi connectivity index (χ0v) is 8.76. The number of alkyl halides is 1. The first-order valence-corrected chi connectivity index (χ1v) is 5.23. The van der Waals surface area contributed by atoms with Crippen LogP contribution in [-0.2, 0) is 6.42 Å². The fourth-order valence-corrected chi connectivity index (χ4v) is 2.07. The molecular formula is C7H8BrClS. The van der Waals surface area contributed by atoms with Crippen molar-refractivity contribution in [3.63, 3.8) is 0 Å². The Balaban J connectivity index is 2.58. The fourth-order valence-electron chi connectivity index (χ4n) is 0.778. The Morgan fingerprint density at radius 2 is 2.50 bits per heavy atom. The molecule has 0 N–H and O–H groups in total. The zero-order valence-electron chi connectivity index (χ0n) is 5.60. The lowest BCUT2D eigenvalue weighted by Crippen LogP contribution is -1.93. The van der Waals surface area contributed by atoms with Gasteiger partial charge < -0.3 is 0 Å². The summed E-state index contributed by atoms with van der Waals surface area (Å²) in [5.74, 6) is 0. The third kappa shape index (κ3) is 2.60. The number of rotatable bonds is 2. The Morgan fingerprint density at radius 1 is 1.80 bits per heavy atom. The topological polar surface area (TPSA) is 0 Å². The maximum atomic E-state index is 5.75. The van der Waals surface area contributed by atoms with Gasteiger partial charge in [-0.05, 0) is 23.4 Å². The second kappa shape index (κ2) is 3.74. The molecule has 0 aliphatic rings. The third-order valence-electron chi connectivity index (χ3n) is 1.14. The summed E-state index contributed by atoms with van der Waals surface area (Å²) in [5.41, 5.74) is 1.32. The van der Waals surface area contributed by atoms with E-state index in [1.807, 2.05) is 6.07 Å². The predicted molar refractivity (Wildman–Crippen MR) is 51.4 cm³/mol. The lowest BCUT2D eigenvalue weighted by Gasteiger charge is -1.97. The molecule has 3 heteroatoms. The quantitative estimate of drug-likeness (QED) is 0.690. The number of hydrogen-bond acceptors (Lipinski definition) is 1. The van der Waals surface area contributed by atoms with E-state index in [1.54, 1.807) is 11.3 Å². The normalized spacial score (nSPS) is 13.5. The minimum Gasteiger partial charge on any atom is -0.132 e. The minimum absolute atomic E-state index is 0.540. The molecule has 1 unspecified atom stereocenters. The molecule has 0 saturated heterocycles. The highest BCUT2D eigenvalue weighted by Gasteiger charge is 2.00. The van der Waals surface area contributed by atoms with E-state index in [0.717, 1.165) is 10.8 Å². The maximum Gasteiger partial charge on any atom is 0.0931 e. The second-order valence-electron chi connectivity index (χ2n) is 2.24. The van der Waals surface area contributed by atoms with Crippen molar-refractivity contribution in [2.75, 3.05) is 0 Å². The molecule has 1 aromatic rings. The van der Waals surface area contributed by atoms with E-state index >= 15 is 0 Å². The van der Waals surface area contributed by atoms with Crippen LogP contribution in [0.15, 0.2) is 11.4 Å². The molecule has 1 aromatic heterocycles. The summed E-state index contributed by atoms with van der Waals surface area (Å²) < 4.78 is 0.878. The highest BCUT2D eigenvalue weighted by atomic mass is 79.9. The molecule has 0 saturated carbocycles. The summed E-state index contributed by atoms with van der Waals surface area (Å²) in [6.45, 7) is 2.13. The molecule has 0 aliphatic carbocycles. The maximum absolute atomic E-state index is 5.75. The first-order chi connectivity index (χ1) is 4.68. The molecule has 1 atom stereocenters.